The van der Waals surface area contributed by atoms with E-state index in [0.717, 1.165) is 11.1 Å². The average Bonchev–Trinajstić information content (AvgIpc) is 2.60. The van der Waals surface area contributed by atoms with E-state index in [0.29, 0.717) is 5.75 Å². The molecule has 4 heteroatoms. The summed E-state index contributed by atoms with van der Waals surface area (Å²) in [6.45, 7) is 8.32. The lowest BCUT2D eigenvalue weighted by molar-refractivity contribution is -0.123. The Labute approximate surface area is 155 Å². The van der Waals surface area contributed by atoms with Crippen LogP contribution in [0, 0.1) is 0 Å². The van der Waals surface area contributed by atoms with Crippen LogP contribution in [-0.4, -0.2) is 18.7 Å². The number of rotatable bonds is 6. The molecule has 1 N–H and O–H groups in total. The van der Waals surface area contributed by atoms with E-state index >= 15 is 0 Å². The summed E-state index contributed by atoms with van der Waals surface area (Å²) in [6.07, 6.45) is 3.60. The summed E-state index contributed by atoms with van der Waals surface area (Å²) in [5.74, 6) is 0.367. The third kappa shape index (κ3) is 6.55. The van der Waals surface area contributed by atoms with Gasteiger partial charge in [0.25, 0.3) is 5.91 Å². The van der Waals surface area contributed by atoms with Gasteiger partial charge in [0.05, 0.1) is 6.21 Å². The van der Waals surface area contributed by atoms with Crippen LogP contribution in [0.2, 0.25) is 0 Å². The predicted octanol–water partition coefficient (Wildman–Crippen LogP) is 4.57. The molecule has 0 atom stereocenters. The van der Waals surface area contributed by atoms with E-state index in [1.54, 1.807) is 6.21 Å². The van der Waals surface area contributed by atoms with Crippen LogP contribution < -0.4 is 10.2 Å². The monoisotopic (exact) mass is 350 g/mol. The molecular formula is C22H26N2O2. The van der Waals surface area contributed by atoms with Crippen molar-refractivity contribution in [1.29, 1.82) is 0 Å². The summed E-state index contributed by atoms with van der Waals surface area (Å²) < 4.78 is 5.49. The molecule has 0 aliphatic rings. The maximum Gasteiger partial charge on any atom is 0.277 e. The van der Waals surface area contributed by atoms with Gasteiger partial charge in [-0.2, -0.15) is 5.10 Å². The number of carbonyl (C=O) groups excluding carboxylic acids is 1. The highest BCUT2D eigenvalue weighted by Crippen LogP contribution is 2.24. The van der Waals surface area contributed by atoms with Crippen molar-refractivity contribution >= 4 is 18.2 Å². The number of hydrazone groups is 1. The van der Waals surface area contributed by atoms with Gasteiger partial charge in [0.1, 0.15) is 5.75 Å². The Balaban J connectivity index is 1.79. The van der Waals surface area contributed by atoms with E-state index < -0.39 is 0 Å². The topological polar surface area (TPSA) is 50.7 Å². The van der Waals surface area contributed by atoms with Gasteiger partial charge in [0.15, 0.2) is 6.61 Å². The van der Waals surface area contributed by atoms with Crippen LogP contribution in [0.3, 0.4) is 0 Å². The van der Waals surface area contributed by atoms with Crippen molar-refractivity contribution in [3.05, 3.63) is 71.3 Å². The zero-order valence-electron chi connectivity index (χ0n) is 15.8. The Morgan fingerprint density at radius 3 is 2.35 bits per heavy atom. The zero-order valence-corrected chi connectivity index (χ0v) is 15.8. The van der Waals surface area contributed by atoms with E-state index in [1.807, 2.05) is 67.6 Å². The van der Waals surface area contributed by atoms with Gasteiger partial charge in [0.2, 0.25) is 0 Å². The standard InChI is InChI=1S/C22H26N2O2/c1-17(14-18-8-6-5-7-9-18)15-23-24-21(25)16-26-20-12-10-19(11-13-20)22(2,3)4/h5-15H,16H2,1-4H3,(H,24,25)/b17-14+,23-15-. The number of nitrogens with one attached hydrogen (secondary N) is 1. The maximum atomic E-state index is 11.8. The van der Waals surface area contributed by atoms with Gasteiger partial charge in [0, 0.05) is 0 Å². The van der Waals surface area contributed by atoms with Crippen molar-refractivity contribution in [2.45, 2.75) is 33.1 Å². The highest BCUT2D eigenvalue weighted by Gasteiger charge is 2.13. The first-order valence-electron chi connectivity index (χ1n) is 8.63. The summed E-state index contributed by atoms with van der Waals surface area (Å²) in [7, 11) is 0. The second kappa shape index (κ2) is 8.99. The van der Waals surface area contributed by atoms with Crippen molar-refractivity contribution in [3.8, 4) is 5.75 Å². The van der Waals surface area contributed by atoms with Crippen LogP contribution in [0.5, 0.6) is 5.75 Å². The molecule has 0 radical (unpaired) electrons. The molecular weight excluding hydrogens is 324 g/mol. The fourth-order valence-electron chi connectivity index (χ4n) is 2.29. The SMILES string of the molecule is CC(/C=N\NC(=O)COc1ccc(C(C)(C)C)cc1)=C\c1ccccc1. The second-order valence-electron chi connectivity index (χ2n) is 7.16. The Kier molecular flexibility index (Phi) is 6.73. The summed E-state index contributed by atoms with van der Waals surface area (Å²) >= 11 is 0. The molecule has 2 aromatic rings. The number of nitrogens with zero attached hydrogens (tertiary/aromatic N) is 1. The van der Waals surface area contributed by atoms with Crippen LogP contribution in [0.25, 0.3) is 6.08 Å². The molecule has 0 aromatic heterocycles. The molecule has 0 bridgehead atoms. The molecule has 0 aliphatic carbocycles. The Hall–Kier alpha value is -2.88. The van der Waals surface area contributed by atoms with Crippen LogP contribution in [-0.2, 0) is 10.2 Å². The second-order valence-corrected chi connectivity index (χ2v) is 7.16. The zero-order chi connectivity index (χ0) is 19.0. The molecule has 26 heavy (non-hydrogen) atoms. The molecule has 0 fully saturated rings. The van der Waals surface area contributed by atoms with Gasteiger partial charge in [-0.3, -0.25) is 4.79 Å². The summed E-state index contributed by atoms with van der Waals surface area (Å²) in [5, 5.41) is 3.95. The van der Waals surface area contributed by atoms with Crippen molar-refractivity contribution in [2.75, 3.05) is 6.61 Å². The molecule has 2 aromatic carbocycles. The molecule has 0 saturated heterocycles. The lowest BCUT2D eigenvalue weighted by Crippen LogP contribution is -2.24. The smallest absolute Gasteiger partial charge is 0.277 e. The molecule has 4 nitrogen and oxygen atoms in total. The van der Waals surface area contributed by atoms with Crippen molar-refractivity contribution in [3.63, 3.8) is 0 Å². The number of allylic oxidation sites excluding steroid dienone is 1. The molecule has 0 aliphatic heterocycles. The van der Waals surface area contributed by atoms with Crippen LogP contribution in [0.4, 0.5) is 0 Å². The highest BCUT2D eigenvalue weighted by molar-refractivity contribution is 5.86. The Morgan fingerprint density at radius 1 is 1.08 bits per heavy atom. The summed E-state index contributed by atoms with van der Waals surface area (Å²) in [4.78, 5) is 11.8. The third-order valence-corrected chi connectivity index (χ3v) is 3.74. The van der Waals surface area contributed by atoms with Crippen molar-refractivity contribution in [2.24, 2.45) is 5.10 Å². The van der Waals surface area contributed by atoms with Gasteiger partial charge in [-0.25, -0.2) is 5.43 Å². The molecule has 0 saturated carbocycles. The van der Waals surface area contributed by atoms with E-state index in [9.17, 15) is 4.79 Å². The maximum absolute atomic E-state index is 11.8. The molecule has 0 spiro atoms. The molecule has 2 rings (SSSR count). The fourth-order valence-corrected chi connectivity index (χ4v) is 2.29. The lowest BCUT2D eigenvalue weighted by atomic mass is 9.87. The minimum absolute atomic E-state index is 0.0757. The molecule has 136 valence electrons. The van der Waals surface area contributed by atoms with Crippen LogP contribution in [0.15, 0.2) is 65.3 Å². The van der Waals surface area contributed by atoms with Crippen LogP contribution >= 0.6 is 0 Å². The van der Waals surface area contributed by atoms with Crippen molar-refractivity contribution < 1.29 is 9.53 Å². The molecule has 0 unspecified atom stereocenters. The predicted molar refractivity (Wildman–Crippen MR) is 107 cm³/mol. The Bertz CT molecular complexity index is 770. The first-order chi connectivity index (χ1) is 12.3. The normalized spacial score (nSPS) is 12.2. The number of ether oxygens (including phenoxy) is 1. The van der Waals surface area contributed by atoms with Gasteiger partial charge < -0.3 is 4.74 Å². The van der Waals surface area contributed by atoms with Gasteiger partial charge >= 0.3 is 0 Å². The highest BCUT2D eigenvalue weighted by atomic mass is 16.5. The Morgan fingerprint density at radius 2 is 1.73 bits per heavy atom. The first-order valence-corrected chi connectivity index (χ1v) is 8.63. The number of benzene rings is 2. The largest absolute Gasteiger partial charge is 0.484 e. The average molecular weight is 350 g/mol. The van der Waals surface area contributed by atoms with E-state index in [1.165, 1.54) is 5.56 Å². The van der Waals surface area contributed by atoms with Gasteiger partial charge in [-0.05, 0) is 41.2 Å². The molecule has 1 amide bonds. The lowest BCUT2D eigenvalue weighted by Gasteiger charge is -2.19. The summed E-state index contributed by atoms with van der Waals surface area (Å²) in [5.41, 5.74) is 5.81. The van der Waals surface area contributed by atoms with Gasteiger partial charge in [-0.1, -0.05) is 69.3 Å². The van der Waals surface area contributed by atoms with Crippen LogP contribution in [0.1, 0.15) is 38.8 Å². The van der Waals surface area contributed by atoms with Crippen molar-refractivity contribution in [1.82, 2.24) is 5.43 Å². The van der Waals surface area contributed by atoms with E-state index in [2.05, 4.69) is 31.3 Å². The quantitative estimate of drug-likeness (QED) is 0.613. The number of hydrogen-bond acceptors (Lipinski definition) is 3. The fraction of sp³-hybridized carbons (Fsp3) is 0.273. The van der Waals surface area contributed by atoms with E-state index in [4.69, 9.17) is 4.74 Å². The molecule has 0 heterocycles. The number of amides is 1. The number of hydrogen-bond donors (Lipinski definition) is 1. The summed E-state index contributed by atoms with van der Waals surface area (Å²) in [6, 6.07) is 17.7. The minimum Gasteiger partial charge on any atom is -0.484 e. The van der Waals surface area contributed by atoms with E-state index in [-0.39, 0.29) is 17.9 Å². The minimum atomic E-state index is -0.298. The first kappa shape index (κ1) is 19.4. The van der Waals surface area contributed by atoms with Gasteiger partial charge in [-0.15, -0.1) is 0 Å². The third-order valence-electron chi connectivity index (χ3n) is 3.74. The number of carbonyl (C=O) groups is 1.